The van der Waals surface area contributed by atoms with Crippen LogP contribution in [0.5, 0.6) is 0 Å². The Labute approximate surface area is 116 Å². The van der Waals surface area contributed by atoms with E-state index in [2.05, 4.69) is 64.5 Å². The standard InChI is InChI=1S/C16H15BrO/c1-18-16-10-14(11-6-2-3-8-13(11)16)12-7-4-5-9-15(12)17/h2-9,14,16H,10H2,1H3. The molecule has 2 aromatic carbocycles. The molecule has 1 aliphatic carbocycles. The highest BCUT2D eigenvalue weighted by atomic mass is 79.9. The fraction of sp³-hybridized carbons (Fsp3) is 0.250. The fourth-order valence-corrected chi connectivity index (χ4v) is 3.43. The SMILES string of the molecule is COC1CC(c2ccccc2Br)c2ccccc21. The van der Waals surface area contributed by atoms with Crippen molar-refractivity contribution in [3.63, 3.8) is 0 Å². The summed E-state index contributed by atoms with van der Waals surface area (Å²) in [6.07, 6.45) is 1.25. The van der Waals surface area contributed by atoms with Gasteiger partial charge < -0.3 is 4.74 Å². The lowest BCUT2D eigenvalue weighted by molar-refractivity contribution is 0.102. The number of ether oxygens (including phenoxy) is 1. The van der Waals surface area contributed by atoms with Crippen LogP contribution >= 0.6 is 15.9 Å². The molecule has 2 heteroatoms. The summed E-state index contributed by atoms with van der Waals surface area (Å²) in [5.74, 6) is 0.432. The third-order valence-corrected chi connectivity index (χ3v) is 4.46. The molecule has 0 saturated carbocycles. The van der Waals surface area contributed by atoms with Crippen molar-refractivity contribution in [2.24, 2.45) is 0 Å². The normalized spacial score (nSPS) is 21.9. The number of benzene rings is 2. The van der Waals surface area contributed by atoms with Crippen LogP contribution in [0.3, 0.4) is 0 Å². The highest BCUT2D eigenvalue weighted by molar-refractivity contribution is 9.10. The summed E-state index contributed by atoms with van der Waals surface area (Å²) >= 11 is 3.66. The van der Waals surface area contributed by atoms with Crippen LogP contribution in [0.1, 0.15) is 35.1 Å². The summed E-state index contributed by atoms with van der Waals surface area (Å²) in [5.41, 5.74) is 4.08. The van der Waals surface area contributed by atoms with Gasteiger partial charge in [0.15, 0.2) is 0 Å². The zero-order valence-electron chi connectivity index (χ0n) is 10.3. The van der Waals surface area contributed by atoms with Gasteiger partial charge in [0.05, 0.1) is 6.10 Å². The second kappa shape index (κ2) is 4.87. The number of hydrogen-bond donors (Lipinski definition) is 0. The van der Waals surface area contributed by atoms with Crippen LogP contribution in [0, 0.1) is 0 Å². The molecule has 0 bridgehead atoms. The van der Waals surface area contributed by atoms with Gasteiger partial charge in [0.25, 0.3) is 0 Å². The average molecular weight is 303 g/mol. The number of methoxy groups -OCH3 is 1. The predicted octanol–water partition coefficient (Wildman–Crippen LogP) is 4.67. The summed E-state index contributed by atoms with van der Waals surface area (Å²) in [6.45, 7) is 0. The zero-order valence-corrected chi connectivity index (χ0v) is 11.9. The molecule has 2 aromatic rings. The lowest BCUT2D eigenvalue weighted by Crippen LogP contribution is -1.98. The molecule has 3 rings (SSSR count). The van der Waals surface area contributed by atoms with Crippen LogP contribution < -0.4 is 0 Å². The van der Waals surface area contributed by atoms with Crippen LogP contribution in [-0.2, 0) is 4.74 Å². The Kier molecular flexibility index (Phi) is 3.23. The van der Waals surface area contributed by atoms with Crippen molar-refractivity contribution in [2.75, 3.05) is 7.11 Å². The molecule has 0 heterocycles. The molecule has 92 valence electrons. The molecular weight excluding hydrogens is 288 g/mol. The molecule has 1 nitrogen and oxygen atoms in total. The molecule has 0 amide bonds. The van der Waals surface area contributed by atoms with E-state index >= 15 is 0 Å². The molecule has 2 atom stereocenters. The molecule has 0 fully saturated rings. The largest absolute Gasteiger partial charge is 0.377 e. The van der Waals surface area contributed by atoms with Crippen LogP contribution in [0.2, 0.25) is 0 Å². The molecule has 0 saturated heterocycles. The van der Waals surface area contributed by atoms with Gasteiger partial charge in [0.2, 0.25) is 0 Å². The highest BCUT2D eigenvalue weighted by Crippen LogP contribution is 2.46. The van der Waals surface area contributed by atoms with Crippen molar-refractivity contribution < 1.29 is 4.74 Å². The van der Waals surface area contributed by atoms with Gasteiger partial charge in [0.1, 0.15) is 0 Å². The van der Waals surface area contributed by atoms with Crippen molar-refractivity contribution in [1.82, 2.24) is 0 Å². The van der Waals surface area contributed by atoms with Crippen LogP contribution in [-0.4, -0.2) is 7.11 Å². The second-order valence-corrected chi connectivity index (χ2v) is 5.52. The summed E-state index contributed by atoms with van der Waals surface area (Å²) in [4.78, 5) is 0. The predicted molar refractivity (Wildman–Crippen MR) is 76.8 cm³/mol. The maximum absolute atomic E-state index is 5.61. The van der Waals surface area contributed by atoms with E-state index < -0.39 is 0 Å². The molecule has 0 spiro atoms. The van der Waals surface area contributed by atoms with Crippen LogP contribution in [0.15, 0.2) is 53.0 Å². The molecule has 0 N–H and O–H groups in total. The lowest BCUT2D eigenvalue weighted by atomic mass is 9.93. The van der Waals surface area contributed by atoms with Gasteiger partial charge >= 0.3 is 0 Å². The Balaban J connectivity index is 2.09. The van der Waals surface area contributed by atoms with Gasteiger partial charge in [-0.25, -0.2) is 0 Å². The van der Waals surface area contributed by atoms with E-state index in [1.165, 1.54) is 21.2 Å². The van der Waals surface area contributed by atoms with E-state index in [9.17, 15) is 0 Å². The Bertz CT molecular complexity index is 565. The Hall–Kier alpha value is -1.12. The van der Waals surface area contributed by atoms with E-state index in [4.69, 9.17) is 4.74 Å². The first-order chi connectivity index (χ1) is 8.81. The first-order valence-corrected chi connectivity index (χ1v) is 6.96. The smallest absolute Gasteiger partial charge is 0.0833 e. The molecule has 0 radical (unpaired) electrons. The number of halogens is 1. The van der Waals surface area contributed by atoms with E-state index in [1.54, 1.807) is 7.11 Å². The third-order valence-electron chi connectivity index (χ3n) is 3.73. The van der Waals surface area contributed by atoms with Crippen molar-refractivity contribution in [3.05, 3.63) is 69.7 Å². The third kappa shape index (κ3) is 1.90. The monoisotopic (exact) mass is 302 g/mol. The van der Waals surface area contributed by atoms with Gasteiger partial charge in [-0.05, 0) is 29.2 Å². The van der Waals surface area contributed by atoms with Crippen LogP contribution in [0.25, 0.3) is 0 Å². The molecule has 0 aliphatic heterocycles. The minimum atomic E-state index is 0.221. The average Bonchev–Trinajstić information content (AvgIpc) is 2.78. The lowest BCUT2D eigenvalue weighted by Gasteiger charge is -2.14. The molecule has 2 unspecified atom stereocenters. The molecule has 0 aromatic heterocycles. The fourth-order valence-electron chi connectivity index (χ4n) is 2.86. The summed E-state index contributed by atoms with van der Waals surface area (Å²) in [7, 11) is 1.80. The number of fused-ring (bicyclic) bond motifs is 1. The van der Waals surface area contributed by atoms with Crippen molar-refractivity contribution in [1.29, 1.82) is 0 Å². The van der Waals surface area contributed by atoms with E-state index in [-0.39, 0.29) is 6.10 Å². The van der Waals surface area contributed by atoms with Gasteiger partial charge in [-0.1, -0.05) is 58.4 Å². The topological polar surface area (TPSA) is 9.23 Å². The first kappa shape index (κ1) is 11.9. The zero-order chi connectivity index (χ0) is 12.5. The molecule has 1 aliphatic rings. The van der Waals surface area contributed by atoms with E-state index in [0.29, 0.717) is 5.92 Å². The minimum absolute atomic E-state index is 0.221. The quantitative estimate of drug-likeness (QED) is 0.783. The first-order valence-electron chi connectivity index (χ1n) is 6.17. The van der Waals surface area contributed by atoms with E-state index in [0.717, 1.165) is 6.42 Å². The van der Waals surface area contributed by atoms with Gasteiger partial charge in [-0.3, -0.25) is 0 Å². The molecule has 18 heavy (non-hydrogen) atoms. The van der Waals surface area contributed by atoms with Gasteiger partial charge in [0, 0.05) is 17.5 Å². The van der Waals surface area contributed by atoms with Crippen molar-refractivity contribution in [2.45, 2.75) is 18.4 Å². The Morgan fingerprint density at radius 3 is 2.22 bits per heavy atom. The summed E-state index contributed by atoms with van der Waals surface area (Å²) in [5, 5.41) is 0. The highest BCUT2D eigenvalue weighted by Gasteiger charge is 2.32. The Morgan fingerprint density at radius 1 is 0.944 bits per heavy atom. The van der Waals surface area contributed by atoms with Crippen LogP contribution in [0.4, 0.5) is 0 Å². The van der Waals surface area contributed by atoms with E-state index in [1.807, 2.05) is 0 Å². The van der Waals surface area contributed by atoms with Gasteiger partial charge in [-0.15, -0.1) is 0 Å². The number of hydrogen-bond acceptors (Lipinski definition) is 1. The number of rotatable bonds is 2. The molecular formula is C16H15BrO. The summed E-state index contributed by atoms with van der Waals surface area (Å²) < 4.78 is 6.80. The summed E-state index contributed by atoms with van der Waals surface area (Å²) in [6, 6.07) is 17.1. The maximum Gasteiger partial charge on any atom is 0.0833 e. The van der Waals surface area contributed by atoms with Crippen molar-refractivity contribution in [3.8, 4) is 0 Å². The minimum Gasteiger partial charge on any atom is -0.377 e. The Morgan fingerprint density at radius 2 is 1.56 bits per heavy atom. The van der Waals surface area contributed by atoms with Gasteiger partial charge in [-0.2, -0.15) is 0 Å². The maximum atomic E-state index is 5.61. The second-order valence-electron chi connectivity index (χ2n) is 4.66. The van der Waals surface area contributed by atoms with Crippen molar-refractivity contribution >= 4 is 15.9 Å².